The molecule has 1 aromatic carbocycles. The highest BCUT2D eigenvalue weighted by atomic mass is 35.5. The first-order chi connectivity index (χ1) is 10.3. The summed E-state index contributed by atoms with van der Waals surface area (Å²) in [5.41, 5.74) is 0.119. The second kappa shape index (κ2) is 6.28. The molecule has 4 nitrogen and oxygen atoms in total. The Labute approximate surface area is 136 Å². The molecular formula is C17H22ClN3O. The van der Waals surface area contributed by atoms with Crippen LogP contribution in [0.3, 0.4) is 0 Å². The monoisotopic (exact) mass is 319 g/mol. The van der Waals surface area contributed by atoms with E-state index in [2.05, 4.69) is 16.7 Å². The summed E-state index contributed by atoms with van der Waals surface area (Å²) in [4.78, 5) is 12.1. The smallest absolute Gasteiger partial charge is 0.235 e. The first-order valence-electron chi connectivity index (χ1n) is 7.55. The van der Waals surface area contributed by atoms with Gasteiger partial charge in [-0.05, 0) is 43.4 Å². The van der Waals surface area contributed by atoms with Crippen LogP contribution in [0, 0.1) is 17.2 Å². The van der Waals surface area contributed by atoms with E-state index in [9.17, 15) is 10.1 Å². The van der Waals surface area contributed by atoms with E-state index in [0.717, 1.165) is 18.4 Å². The zero-order valence-electron chi connectivity index (χ0n) is 13.2. The number of carbonyl (C=O) groups is 1. The van der Waals surface area contributed by atoms with Crippen LogP contribution in [0.4, 0.5) is 0 Å². The normalized spacial score (nSPS) is 18.4. The summed E-state index contributed by atoms with van der Waals surface area (Å²) in [6.45, 7) is 5.78. The molecule has 0 aromatic heterocycles. The largest absolute Gasteiger partial charge is 0.337 e. The molecule has 2 rings (SSSR count). The summed E-state index contributed by atoms with van der Waals surface area (Å²) >= 11 is 6.04. The van der Waals surface area contributed by atoms with Crippen LogP contribution in [0.25, 0.3) is 0 Å². The summed E-state index contributed by atoms with van der Waals surface area (Å²) < 4.78 is 0. The molecule has 0 heterocycles. The van der Waals surface area contributed by atoms with E-state index in [0.29, 0.717) is 5.02 Å². The van der Waals surface area contributed by atoms with Gasteiger partial charge in [0.2, 0.25) is 5.91 Å². The maximum atomic E-state index is 12.1. The second-order valence-corrected chi connectivity index (χ2v) is 6.90. The number of carbonyl (C=O) groups excluding carboxylic acids is 1. The maximum Gasteiger partial charge on any atom is 0.235 e. The van der Waals surface area contributed by atoms with Gasteiger partial charge >= 0.3 is 0 Å². The molecule has 0 radical (unpaired) electrons. The van der Waals surface area contributed by atoms with Crippen molar-refractivity contribution in [2.45, 2.75) is 44.7 Å². The van der Waals surface area contributed by atoms with E-state index < -0.39 is 5.54 Å². The molecule has 1 saturated carbocycles. The molecule has 22 heavy (non-hydrogen) atoms. The van der Waals surface area contributed by atoms with E-state index in [1.54, 1.807) is 6.92 Å². The number of halogens is 1. The van der Waals surface area contributed by atoms with Crippen molar-refractivity contribution < 1.29 is 4.79 Å². The maximum absolute atomic E-state index is 12.1. The lowest BCUT2D eigenvalue weighted by Gasteiger charge is -2.28. The second-order valence-electron chi connectivity index (χ2n) is 6.46. The van der Waals surface area contributed by atoms with Crippen molar-refractivity contribution in [1.82, 2.24) is 10.6 Å². The zero-order valence-corrected chi connectivity index (χ0v) is 14.0. The van der Waals surface area contributed by atoms with Gasteiger partial charge in [0.1, 0.15) is 5.54 Å². The lowest BCUT2D eigenvalue weighted by molar-refractivity contribution is -0.122. The number of nitrogens with one attached hydrogen (secondary N) is 2. The molecule has 118 valence electrons. The van der Waals surface area contributed by atoms with Crippen molar-refractivity contribution in [2.24, 2.45) is 5.92 Å². The molecular weight excluding hydrogens is 298 g/mol. The number of nitrogens with zero attached hydrogens (tertiary/aromatic N) is 1. The fourth-order valence-electron chi connectivity index (χ4n) is 2.36. The molecule has 0 unspecified atom stereocenters. The molecule has 2 N–H and O–H groups in total. The number of hydrogen-bond donors (Lipinski definition) is 2. The summed E-state index contributed by atoms with van der Waals surface area (Å²) in [6.07, 6.45) is 1.97. The molecule has 0 aliphatic heterocycles. The van der Waals surface area contributed by atoms with Crippen molar-refractivity contribution >= 4 is 17.5 Å². The Hall–Kier alpha value is -1.57. The third-order valence-electron chi connectivity index (χ3n) is 4.50. The molecule has 1 aliphatic carbocycles. The Kier molecular flexibility index (Phi) is 4.79. The molecule has 5 heteroatoms. The molecule has 1 aromatic rings. The fraction of sp³-hybridized carbons (Fsp3) is 0.529. The van der Waals surface area contributed by atoms with E-state index >= 15 is 0 Å². The van der Waals surface area contributed by atoms with Crippen molar-refractivity contribution in [3.63, 3.8) is 0 Å². The molecule has 1 atom stereocenters. The third-order valence-corrected chi connectivity index (χ3v) is 4.74. The number of nitriles is 1. The van der Waals surface area contributed by atoms with Crippen LogP contribution < -0.4 is 10.6 Å². The number of benzene rings is 1. The molecule has 1 aliphatic rings. The summed E-state index contributed by atoms with van der Waals surface area (Å²) in [5.74, 6) is -0.115. The van der Waals surface area contributed by atoms with Gasteiger partial charge in [-0.15, -0.1) is 0 Å². The minimum atomic E-state index is -0.842. The SMILES string of the molecule is CC(C)[C@@](C)(C#N)NC(=O)CNC1(c2cccc(Cl)c2)CC1. The summed E-state index contributed by atoms with van der Waals surface area (Å²) in [6, 6.07) is 9.91. The lowest BCUT2D eigenvalue weighted by atomic mass is 9.90. The average Bonchev–Trinajstić information content (AvgIpc) is 3.26. The van der Waals surface area contributed by atoms with Crippen molar-refractivity contribution in [1.29, 1.82) is 5.26 Å². The van der Waals surface area contributed by atoms with Crippen molar-refractivity contribution in [3.8, 4) is 6.07 Å². The third kappa shape index (κ3) is 3.60. The first-order valence-corrected chi connectivity index (χ1v) is 7.92. The van der Waals surface area contributed by atoms with Gasteiger partial charge in [0.05, 0.1) is 12.6 Å². The van der Waals surface area contributed by atoms with Gasteiger partial charge < -0.3 is 5.32 Å². The van der Waals surface area contributed by atoms with Gasteiger partial charge in [-0.1, -0.05) is 37.6 Å². The van der Waals surface area contributed by atoms with Crippen LogP contribution in [0.2, 0.25) is 5.02 Å². The number of amides is 1. The predicted molar refractivity (Wildman–Crippen MR) is 87.4 cm³/mol. The van der Waals surface area contributed by atoms with E-state index in [1.807, 2.05) is 38.1 Å². The number of rotatable bonds is 6. The predicted octanol–water partition coefficient (Wildman–Crippen LogP) is 2.97. The van der Waals surface area contributed by atoms with Crippen LogP contribution in [0.5, 0.6) is 0 Å². The topological polar surface area (TPSA) is 64.9 Å². The quantitative estimate of drug-likeness (QED) is 0.847. The van der Waals surface area contributed by atoms with Gasteiger partial charge in [-0.2, -0.15) is 5.26 Å². The highest BCUT2D eigenvalue weighted by molar-refractivity contribution is 6.30. The highest BCUT2D eigenvalue weighted by Gasteiger charge is 2.44. The summed E-state index contributed by atoms with van der Waals surface area (Å²) in [5, 5.41) is 16.1. The van der Waals surface area contributed by atoms with Crippen LogP contribution in [0.15, 0.2) is 24.3 Å². The van der Waals surface area contributed by atoms with E-state index in [-0.39, 0.29) is 23.9 Å². The minimum absolute atomic E-state index is 0.0456. The first kappa shape index (κ1) is 16.8. The van der Waals surface area contributed by atoms with Gasteiger partial charge in [0.15, 0.2) is 0 Å². The Morgan fingerprint density at radius 1 is 1.50 bits per heavy atom. The number of hydrogen-bond acceptors (Lipinski definition) is 3. The Morgan fingerprint density at radius 3 is 2.68 bits per heavy atom. The van der Waals surface area contributed by atoms with Gasteiger partial charge in [0, 0.05) is 10.6 Å². The minimum Gasteiger partial charge on any atom is -0.337 e. The molecule has 0 saturated heterocycles. The molecule has 0 bridgehead atoms. The van der Waals surface area contributed by atoms with E-state index in [1.165, 1.54) is 0 Å². The fourth-order valence-corrected chi connectivity index (χ4v) is 2.55. The van der Waals surface area contributed by atoms with Crippen LogP contribution in [-0.2, 0) is 10.3 Å². The van der Waals surface area contributed by atoms with Crippen LogP contribution >= 0.6 is 11.6 Å². The summed E-state index contributed by atoms with van der Waals surface area (Å²) in [7, 11) is 0. The Morgan fingerprint density at radius 2 is 2.18 bits per heavy atom. The van der Waals surface area contributed by atoms with Gasteiger partial charge in [0.25, 0.3) is 0 Å². The lowest BCUT2D eigenvalue weighted by Crippen LogP contribution is -2.52. The Bertz CT molecular complexity index is 604. The van der Waals surface area contributed by atoms with Crippen molar-refractivity contribution in [3.05, 3.63) is 34.9 Å². The van der Waals surface area contributed by atoms with Crippen LogP contribution in [-0.4, -0.2) is 18.0 Å². The van der Waals surface area contributed by atoms with Gasteiger partial charge in [-0.25, -0.2) is 0 Å². The molecule has 0 spiro atoms. The highest BCUT2D eigenvalue weighted by Crippen LogP contribution is 2.45. The standard InChI is InChI=1S/C17H22ClN3O/c1-12(2)16(3,11-19)21-15(22)10-20-17(7-8-17)13-5-4-6-14(18)9-13/h4-6,9,12,20H,7-8,10H2,1-3H3,(H,21,22)/t16-/m1/s1. The van der Waals surface area contributed by atoms with Crippen LogP contribution in [0.1, 0.15) is 39.2 Å². The molecule has 1 fully saturated rings. The average molecular weight is 320 g/mol. The Balaban J connectivity index is 1.96. The zero-order chi connectivity index (χ0) is 16.4. The molecule has 1 amide bonds. The van der Waals surface area contributed by atoms with E-state index in [4.69, 9.17) is 11.6 Å². The van der Waals surface area contributed by atoms with Crippen molar-refractivity contribution in [2.75, 3.05) is 6.54 Å². The van der Waals surface area contributed by atoms with Gasteiger partial charge in [-0.3, -0.25) is 10.1 Å².